The molecule has 0 aliphatic rings. The second-order valence-corrected chi connectivity index (χ2v) is 5.46. The van der Waals surface area contributed by atoms with Crippen molar-refractivity contribution in [3.63, 3.8) is 0 Å². The Morgan fingerprint density at radius 1 is 1.19 bits per heavy atom. The molecule has 2 aromatic heterocycles. The van der Waals surface area contributed by atoms with Crippen LogP contribution in [0.15, 0.2) is 54.7 Å². The number of allylic oxidation sites excluding steroid dienone is 1. The largest absolute Gasteiger partial charge is 0.339 e. The predicted octanol–water partition coefficient (Wildman–Crippen LogP) is 4.79. The third-order valence-corrected chi connectivity index (χ3v) is 3.32. The minimum atomic E-state index is -0.226. The summed E-state index contributed by atoms with van der Waals surface area (Å²) in [7, 11) is 0. The fraction of sp³-hybridized carbons (Fsp3) is 0.167. The van der Waals surface area contributed by atoms with E-state index in [2.05, 4.69) is 36.0 Å². The molecule has 0 saturated carbocycles. The van der Waals surface area contributed by atoms with Crippen LogP contribution in [0.1, 0.15) is 25.1 Å². The van der Waals surface area contributed by atoms with Gasteiger partial charge in [-0.05, 0) is 41.8 Å². The number of benzene rings is 1. The van der Waals surface area contributed by atoms with E-state index < -0.39 is 0 Å². The van der Waals surface area contributed by atoms with Crippen LogP contribution in [-0.2, 0) is 0 Å². The molecule has 0 spiro atoms. The molecule has 21 heavy (non-hydrogen) atoms. The molecular weight excluding hydrogens is 263 g/mol. The van der Waals surface area contributed by atoms with Crippen LogP contribution < -0.4 is 0 Å². The quantitative estimate of drug-likeness (QED) is 0.734. The highest BCUT2D eigenvalue weighted by atomic mass is 19.1. The summed E-state index contributed by atoms with van der Waals surface area (Å²) in [5.74, 6) is 0.138. The molecule has 3 rings (SSSR count). The molecule has 106 valence electrons. The Morgan fingerprint density at radius 2 is 2.05 bits per heavy atom. The number of aromatic amines is 1. The molecule has 0 unspecified atom stereocenters. The topological polar surface area (TPSA) is 28.7 Å². The fourth-order valence-corrected chi connectivity index (χ4v) is 2.43. The monoisotopic (exact) mass is 280 g/mol. The Bertz CT molecular complexity index is 767. The van der Waals surface area contributed by atoms with Crippen molar-refractivity contribution < 1.29 is 4.39 Å². The number of H-pyrrole nitrogens is 1. The Labute approximate surface area is 123 Å². The highest BCUT2D eigenvalue weighted by molar-refractivity contribution is 5.86. The summed E-state index contributed by atoms with van der Waals surface area (Å²) < 4.78 is 13.5. The van der Waals surface area contributed by atoms with Crippen molar-refractivity contribution in [1.82, 2.24) is 9.97 Å². The fourth-order valence-electron chi connectivity index (χ4n) is 2.43. The van der Waals surface area contributed by atoms with Crippen LogP contribution in [0.5, 0.6) is 0 Å². The van der Waals surface area contributed by atoms with Gasteiger partial charge in [-0.3, -0.25) is 0 Å². The summed E-state index contributed by atoms with van der Waals surface area (Å²) in [5.41, 5.74) is 3.68. The van der Waals surface area contributed by atoms with Gasteiger partial charge in [0.05, 0.1) is 0 Å². The molecule has 0 amide bonds. The molecule has 0 bridgehead atoms. The molecule has 0 radical (unpaired) electrons. The van der Waals surface area contributed by atoms with E-state index in [1.165, 1.54) is 6.07 Å². The average molecular weight is 280 g/mol. The average Bonchev–Trinajstić information content (AvgIpc) is 2.88. The first-order valence-corrected chi connectivity index (χ1v) is 7.05. The van der Waals surface area contributed by atoms with Gasteiger partial charge in [-0.25, -0.2) is 9.37 Å². The van der Waals surface area contributed by atoms with Gasteiger partial charge in [0, 0.05) is 22.9 Å². The third-order valence-electron chi connectivity index (χ3n) is 3.32. The Morgan fingerprint density at radius 3 is 2.76 bits per heavy atom. The second-order valence-electron chi connectivity index (χ2n) is 5.46. The van der Waals surface area contributed by atoms with E-state index in [1.807, 2.05) is 18.2 Å². The number of aromatic nitrogens is 2. The van der Waals surface area contributed by atoms with E-state index in [-0.39, 0.29) is 5.82 Å². The summed E-state index contributed by atoms with van der Waals surface area (Å²) >= 11 is 0. The smallest absolute Gasteiger partial charge is 0.137 e. The van der Waals surface area contributed by atoms with E-state index in [4.69, 9.17) is 0 Å². The van der Waals surface area contributed by atoms with Crippen LogP contribution >= 0.6 is 0 Å². The molecule has 0 aliphatic heterocycles. The lowest BCUT2D eigenvalue weighted by Gasteiger charge is -2.08. The summed E-state index contributed by atoms with van der Waals surface area (Å²) in [4.78, 5) is 7.63. The summed E-state index contributed by atoms with van der Waals surface area (Å²) in [6.45, 7) is 4.22. The Kier molecular flexibility index (Phi) is 3.57. The summed E-state index contributed by atoms with van der Waals surface area (Å²) in [6.07, 6.45) is 3.90. The van der Waals surface area contributed by atoms with Crippen LogP contribution in [0, 0.1) is 11.7 Å². The van der Waals surface area contributed by atoms with Crippen LogP contribution in [0.2, 0.25) is 0 Å². The molecule has 1 aromatic carbocycles. The molecule has 0 fully saturated rings. The maximum absolute atomic E-state index is 13.5. The lowest BCUT2D eigenvalue weighted by atomic mass is 9.98. The number of hydrogen-bond donors (Lipinski definition) is 1. The SMILES string of the molecule is CC(C)/C=C(\c1cccc(F)c1)c1cc2cccnc2[nH]1. The van der Waals surface area contributed by atoms with E-state index in [0.717, 1.165) is 27.9 Å². The van der Waals surface area contributed by atoms with Crippen molar-refractivity contribution in [3.8, 4) is 0 Å². The van der Waals surface area contributed by atoms with E-state index in [9.17, 15) is 4.39 Å². The van der Waals surface area contributed by atoms with Gasteiger partial charge in [-0.1, -0.05) is 32.1 Å². The first-order chi connectivity index (χ1) is 10.1. The van der Waals surface area contributed by atoms with Gasteiger partial charge in [-0.2, -0.15) is 0 Å². The Hall–Kier alpha value is -2.42. The maximum Gasteiger partial charge on any atom is 0.137 e. The van der Waals surface area contributed by atoms with Crippen molar-refractivity contribution in [2.24, 2.45) is 5.92 Å². The molecule has 0 saturated heterocycles. The van der Waals surface area contributed by atoms with Crippen molar-refractivity contribution in [2.45, 2.75) is 13.8 Å². The van der Waals surface area contributed by atoms with Crippen molar-refractivity contribution in [2.75, 3.05) is 0 Å². The molecule has 0 aliphatic carbocycles. The van der Waals surface area contributed by atoms with Crippen molar-refractivity contribution in [3.05, 3.63) is 71.8 Å². The minimum Gasteiger partial charge on any atom is -0.339 e. The number of fused-ring (bicyclic) bond motifs is 1. The predicted molar refractivity (Wildman–Crippen MR) is 84.4 cm³/mol. The lowest BCUT2D eigenvalue weighted by Crippen LogP contribution is -1.92. The van der Waals surface area contributed by atoms with Gasteiger partial charge in [0.1, 0.15) is 11.5 Å². The zero-order chi connectivity index (χ0) is 14.8. The van der Waals surface area contributed by atoms with Crippen LogP contribution in [0.3, 0.4) is 0 Å². The molecule has 2 nitrogen and oxygen atoms in total. The summed E-state index contributed by atoms with van der Waals surface area (Å²) in [5, 5.41) is 1.05. The van der Waals surface area contributed by atoms with E-state index >= 15 is 0 Å². The number of rotatable bonds is 3. The standard InChI is InChI=1S/C18H17FN2/c1-12(2)9-16(13-5-3-7-15(19)10-13)17-11-14-6-4-8-20-18(14)21-17/h3-12H,1-2H3,(H,20,21)/b16-9+. The Balaban J connectivity index is 2.16. The number of nitrogens with zero attached hydrogens (tertiary/aromatic N) is 1. The van der Waals surface area contributed by atoms with Gasteiger partial charge < -0.3 is 4.98 Å². The maximum atomic E-state index is 13.5. The van der Waals surface area contributed by atoms with Crippen LogP contribution in [0.4, 0.5) is 4.39 Å². The third kappa shape index (κ3) is 2.87. The minimum absolute atomic E-state index is 0.226. The molecule has 3 aromatic rings. The van der Waals surface area contributed by atoms with Gasteiger partial charge in [0.15, 0.2) is 0 Å². The lowest BCUT2D eigenvalue weighted by molar-refractivity contribution is 0.627. The molecular formula is C18H17FN2. The van der Waals surface area contributed by atoms with E-state index in [0.29, 0.717) is 5.92 Å². The van der Waals surface area contributed by atoms with Gasteiger partial charge in [0.2, 0.25) is 0 Å². The zero-order valence-electron chi connectivity index (χ0n) is 12.1. The number of halogens is 1. The van der Waals surface area contributed by atoms with Crippen LogP contribution in [-0.4, -0.2) is 9.97 Å². The van der Waals surface area contributed by atoms with Gasteiger partial charge in [0.25, 0.3) is 0 Å². The zero-order valence-corrected chi connectivity index (χ0v) is 12.1. The van der Waals surface area contributed by atoms with Crippen LogP contribution in [0.25, 0.3) is 16.6 Å². The number of nitrogens with one attached hydrogen (secondary N) is 1. The highest BCUT2D eigenvalue weighted by Crippen LogP contribution is 2.27. The molecule has 3 heteroatoms. The first-order valence-electron chi connectivity index (χ1n) is 7.05. The highest BCUT2D eigenvalue weighted by Gasteiger charge is 2.10. The molecule has 0 atom stereocenters. The number of hydrogen-bond acceptors (Lipinski definition) is 1. The van der Waals surface area contributed by atoms with Crippen molar-refractivity contribution >= 4 is 16.6 Å². The molecule has 2 heterocycles. The number of pyridine rings is 1. The summed E-state index contributed by atoms with van der Waals surface area (Å²) in [6, 6.07) is 12.7. The normalized spacial score (nSPS) is 12.3. The second kappa shape index (κ2) is 5.52. The van der Waals surface area contributed by atoms with Crippen molar-refractivity contribution in [1.29, 1.82) is 0 Å². The van der Waals surface area contributed by atoms with E-state index in [1.54, 1.807) is 18.3 Å². The first kappa shape index (κ1) is 13.6. The van der Waals surface area contributed by atoms with Gasteiger partial charge >= 0.3 is 0 Å². The molecule has 1 N–H and O–H groups in total. The van der Waals surface area contributed by atoms with Gasteiger partial charge in [-0.15, -0.1) is 0 Å².